The number of ether oxygens (including phenoxy) is 1. The number of hydrogen-bond donors (Lipinski definition) is 1. The molecular weight excluding hydrogens is 192 g/mol. The van der Waals surface area contributed by atoms with E-state index in [1.165, 1.54) is 7.11 Å². The van der Waals surface area contributed by atoms with Crippen molar-refractivity contribution in [2.75, 3.05) is 12.4 Å². The summed E-state index contributed by atoms with van der Waals surface area (Å²) in [6, 6.07) is 8.65. The van der Waals surface area contributed by atoms with E-state index < -0.39 is 6.10 Å². The molecule has 0 fully saturated rings. The standard InChI is InChI=1S/C11H12N2O2/c1-8(15-2)11(14)13-10-5-3-9(7-12)4-6-10/h3-6,8H,1-2H3,(H,13,14). The summed E-state index contributed by atoms with van der Waals surface area (Å²) in [5.74, 6) is -0.206. The molecular formula is C11H12N2O2. The second kappa shape index (κ2) is 5.13. The van der Waals surface area contributed by atoms with Gasteiger partial charge in [-0.05, 0) is 31.2 Å². The van der Waals surface area contributed by atoms with E-state index in [2.05, 4.69) is 5.32 Å². The van der Waals surface area contributed by atoms with Crippen molar-refractivity contribution >= 4 is 11.6 Å². The van der Waals surface area contributed by atoms with Gasteiger partial charge >= 0.3 is 0 Å². The Labute approximate surface area is 88.5 Å². The molecule has 0 aliphatic rings. The summed E-state index contributed by atoms with van der Waals surface area (Å²) in [7, 11) is 1.48. The fourth-order valence-corrected chi connectivity index (χ4v) is 0.979. The summed E-state index contributed by atoms with van der Waals surface area (Å²) in [5, 5.41) is 11.2. The number of rotatable bonds is 3. The first-order valence-corrected chi connectivity index (χ1v) is 4.51. The highest BCUT2D eigenvalue weighted by Crippen LogP contribution is 2.09. The van der Waals surface area contributed by atoms with Crippen LogP contribution in [0.5, 0.6) is 0 Å². The van der Waals surface area contributed by atoms with Crippen LogP contribution in [0.1, 0.15) is 12.5 Å². The molecule has 4 nitrogen and oxygen atoms in total. The third-order valence-electron chi connectivity index (χ3n) is 2.00. The van der Waals surface area contributed by atoms with Gasteiger partial charge in [-0.25, -0.2) is 0 Å². The highest BCUT2D eigenvalue weighted by atomic mass is 16.5. The van der Waals surface area contributed by atoms with Crippen molar-refractivity contribution in [2.24, 2.45) is 0 Å². The first-order chi connectivity index (χ1) is 7.17. The first kappa shape index (κ1) is 11.2. The minimum atomic E-state index is -0.486. The Morgan fingerprint density at radius 2 is 2.07 bits per heavy atom. The molecule has 0 aliphatic carbocycles. The summed E-state index contributed by atoms with van der Waals surface area (Å²) >= 11 is 0. The van der Waals surface area contributed by atoms with Crippen LogP contribution >= 0.6 is 0 Å². The van der Waals surface area contributed by atoms with Crippen molar-refractivity contribution in [3.05, 3.63) is 29.8 Å². The lowest BCUT2D eigenvalue weighted by Crippen LogP contribution is -2.26. The van der Waals surface area contributed by atoms with Crippen molar-refractivity contribution in [2.45, 2.75) is 13.0 Å². The zero-order chi connectivity index (χ0) is 11.3. The predicted octanol–water partition coefficient (Wildman–Crippen LogP) is 1.53. The molecule has 0 heterocycles. The average Bonchev–Trinajstić information content (AvgIpc) is 2.29. The number of nitriles is 1. The van der Waals surface area contributed by atoms with Gasteiger partial charge in [-0.3, -0.25) is 4.79 Å². The molecule has 0 saturated heterocycles. The monoisotopic (exact) mass is 204 g/mol. The number of anilines is 1. The molecule has 0 aromatic heterocycles. The minimum absolute atomic E-state index is 0.206. The highest BCUT2D eigenvalue weighted by molar-refractivity contribution is 5.93. The van der Waals surface area contributed by atoms with Crippen molar-refractivity contribution in [1.29, 1.82) is 5.26 Å². The first-order valence-electron chi connectivity index (χ1n) is 4.51. The van der Waals surface area contributed by atoms with Crippen LogP contribution in [-0.4, -0.2) is 19.1 Å². The quantitative estimate of drug-likeness (QED) is 0.812. The Kier molecular flexibility index (Phi) is 3.83. The molecule has 78 valence electrons. The molecule has 1 aromatic carbocycles. The molecule has 1 unspecified atom stereocenters. The molecule has 15 heavy (non-hydrogen) atoms. The van der Waals surface area contributed by atoms with Crippen LogP contribution in [-0.2, 0) is 9.53 Å². The van der Waals surface area contributed by atoms with Gasteiger partial charge in [-0.2, -0.15) is 5.26 Å². The Bertz CT molecular complexity index is 379. The van der Waals surface area contributed by atoms with Crippen LogP contribution in [0.25, 0.3) is 0 Å². The maximum absolute atomic E-state index is 11.4. The molecule has 1 atom stereocenters. The second-order valence-electron chi connectivity index (χ2n) is 3.06. The number of benzene rings is 1. The van der Waals surface area contributed by atoms with Gasteiger partial charge in [0.1, 0.15) is 6.10 Å². The average molecular weight is 204 g/mol. The molecule has 0 radical (unpaired) electrons. The summed E-state index contributed by atoms with van der Waals surface area (Å²) in [6.45, 7) is 1.67. The second-order valence-corrected chi connectivity index (χ2v) is 3.06. The lowest BCUT2D eigenvalue weighted by Gasteiger charge is -2.09. The van der Waals surface area contributed by atoms with Crippen LogP contribution in [0.15, 0.2) is 24.3 Å². The number of carbonyl (C=O) groups is 1. The maximum Gasteiger partial charge on any atom is 0.253 e. The van der Waals surface area contributed by atoms with Gasteiger partial charge in [-0.1, -0.05) is 0 Å². The number of methoxy groups -OCH3 is 1. The zero-order valence-electron chi connectivity index (χ0n) is 8.65. The van der Waals surface area contributed by atoms with Crippen molar-refractivity contribution < 1.29 is 9.53 Å². The van der Waals surface area contributed by atoms with Gasteiger partial charge in [0.2, 0.25) is 0 Å². The SMILES string of the molecule is COC(C)C(=O)Nc1ccc(C#N)cc1. The third kappa shape index (κ3) is 3.08. The number of nitrogens with one attached hydrogen (secondary N) is 1. The summed E-state index contributed by atoms with van der Waals surface area (Å²) in [5.41, 5.74) is 1.22. The van der Waals surface area contributed by atoms with E-state index in [4.69, 9.17) is 10.00 Å². The molecule has 4 heteroatoms. The zero-order valence-corrected chi connectivity index (χ0v) is 8.65. The van der Waals surface area contributed by atoms with E-state index >= 15 is 0 Å². The molecule has 0 spiro atoms. The van der Waals surface area contributed by atoms with Crippen LogP contribution in [0, 0.1) is 11.3 Å². The molecule has 0 bridgehead atoms. The lowest BCUT2D eigenvalue weighted by molar-refractivity contribution is -0.124. The van der Waals surface area contributed by atoms with Gasteiger partial charge < -0.3 is 10.1 Å². The number of hydrogen-bond acceptors (Lipinski definition) is 3. The molecule has 1 rings (SSSR count). The number of amides is 1. The normalized spacial score (nSPS) is 11.5. The molecule has 0 saturated carbocycles. The Morgan fingerprint density at radius 1 is 1.47 bits per heavy atom. The molecule has 1 N–H and O–H groups in total. The highest BCUT2D eigenvalue weighted by Gasteiger charge is 2.10. The van der Waals surface area contributed by atoms with Gasteiger partial charge in [0.15, 0.2) is 0 Å². The van der Waals surface area contributed by atoms with Crippen LogP contribution in [0.3, 0.4) is 0 Å². The van der Waals surface area contributed by atoms with Crippen molar-refractivity contribution in [3.8, 4) is 6.07 Å². The Balaban J connectivity index is 2.66. The summed E-state index contributed by atoms with van der Waals surface area (Å²) < 4.78 is 4.86. The Morgan fingerprint density at radius 3 is 2.53 bits per heavy atom. The largest absolute Gasteiger partial charge is 0.372 e. The minimum Gasteiger partial charge on any atom is -0.372 e. The van der Waals surface area contributed by atoms with Crippen LogP contribution in [0.4, 0.5) is 5.69 Å². The number of nitrogens with zero attached hydrogens (tertiary/aromatic N) is 1. The van der Waals surface area contributed by atoms with Crippen LogP contribution < -0.4 is 5.32 Å². The summed E-state index contributed by atoms with van der Waals surface area (Å²) in [6.07, 6.45) is -0.486. The number of carbonyl (C=O) groups excluding carboxylic acids is 1. The van der Waals surface area contributed by atoms with Gasteiger partial charge in [0, 0.05) is 12.8 Å². The van der Waals surface area contributed by atoms with E-state index in [0.717, 1.165) is 0 Å². The van der Waals surface area contributed by atoms with Crippen molar-refractivity contribution in [1.82, 2.24) is 0 Å². The molecule has 1 aromatic rings. The lowest BCUT2D eigenvalue weighted by atomic mass is 10.2. The van der Waals surface area contributed by atoms with Gasteiger partial charge in [-0.15, -0.1) is 0 Å². The topological polar surface area (TPSA) is 62.1 Å². The third-order valence-corrected chi connectivity index (χ3v) is 2.00. The van der Waals surface area contributed by atoms with E-state index in [1.54, 1.807) is 31.2 Å². The van der Waals surface area contributed by atoms with E-state index in [1.807, 2.05) is 6.07 Å². The van der Waals surface area contributed by atoms with Gasteiger partial charge in [0.05, 0.1) is 11.6 Å². The van der Waals surface area contributed by atoms with Crippen LogP contribution in [0.2, 0.25) is 0 Å². The Hall–Kier alpha value is -1.86. The maximum atomic E-state index is 11.4. The summed E-state index contributed by atoms with van der Waals surface area (Å²) in [4.78, 5) is 11.4. The van der Waals surface area contributed by atoms with E-state index in [0.29, 0.717) is 11.3 Å². The smallest absolute Gasteiger partial charge is 0.253 e. The van der Waals surface area contributed by atoms with E-state index in [-0.39, 0.29) is 5.91 Å². The molecule has 1 amide bonds. The fraction of sp³-hybridized carbons (Fsp3) is 0.273. The van der Waals surface area contributed by atoms with Gasteiger partial charge in [0.25, 0.3) is 5.91 Å². The molecule has 0 aliphatic heterocycles. The van der Waals surface area contributed by atoms with E-state index in [9.17, 15) is 4.79 Å². The van der Waals surface area contributed by atoms with Crippen molar-refractivity contribution in [3.63, 3.8) is 0 Å². The fourth-order valence-electron chi connectivity index (χ4n) is 0.979. The predicted molar refractivity (Wildman–Crippen MR) is 56.3 cm³/mol.